The second-order valence-electron chi connectivity index (χ2n) is 6.16. The molecule has 3 rings (SSSR count). The minimum absolute atomic E-state index is 0. The van der Waals surface area contributed by atoms with Gasteiger partial charge in [0.05, 0.1) is 31.9 Å². The molecular formula is C19H21N4Na3O12S2. The fraction of sp³-hybridized carbons (Fsp3) is 0.263. The van der Waals surface area contributed by atoms with Crippen LogP contribution in [0.2, 0.25) is 0 Å². The Labute approximate surface area is 300 Å². The van der Waals surface area contributed by atoms with Gasteiger partial charge in [0, 0.05) is 12.4 Å². The molecule has 0 atom stereocenters. The molecule has 0 aromatic heterocycles. The van der Waals surface area contributed by atoms with Crippen LogP contribution in [0.4, 0.5) is 0 Å². The summed E-state index contributed by atoms with van der Waals surface area (Å²) in [4.78, 5) is 55.4. The Morgan fingerprint density at radius 3 is 1.35 bits per heavy atom. The largest absolute Gasteiger partial charge is 1.00 e. The smallest absolute Gasteiger partial charge is 0.780 e. The van der Waals surface area contributed by atoms with Crippen molar-refractivity contribution in [3.63, 3.8) is 0 Å². The molecule has 0 amide bonds. The number of carbonyl (C=O) groups is 4. The fourth-order valence-electron chi connectivity index (χ4n) is 1.76. The van der Waals surface area contributed by atoms with Gasteiger partial charge in [0.15, 0.2) is 5.60 Å². The third-order valence-electron chi connectivity index (χ3n) is 3.18. The maximum atomic E-state index is 10.3. The predicted octanol–water partition coefficient (Wildman–Crippen LogP) is -11.0. The molecular weight excluding hydrogens is 609 g/mol. The van der Waals surface area contributed by atoms with Crippen molar-refractivity contribution in [2.45, 2.75) is 18.4 Å². The van der Waals surface area contributed by atoms with Crippen molar-refractivity contribution in [1.82, 2.24) is 0 Å². The zero-order valence-corrected chi connectivity index (χ0v) is 29.3. The van der Waals surface area contributed by atoms with Crippen molar-refractivity contribution in [2.24, 2.45) is 20.0 Å². The SMILES string of the molecule is C1=NC=NC1.C1=NC=NC1.O=C(O)CC(O)(CC(=O)O)C(=O)O.O=C([O-])c1ccccc1.O=S([O-])([O-])=S.[Na+].[Na+].[Na+]. The van der Waals surface area contributed by atoms with E-state index in [2.05, 4.69) is 31.2 Å². The van der Waals surface area contributed by atoms with Crippen LogP contribution in [0, 0.1) is 0 Å². The van der Waals surface area contributed by atoms with Crippen molar-refractivity contribution >= 4 is 69.2 Å². The van der Waals surface area contributed by atoms with Crippen LogP contribution < -0.4 is 93.8 Å². The molecule has 2 aliphatic heterocycles. The average molecular weight is 630 g/mol. The fourth-order valence-corrected chi connectivity index (χ4v) is 1.76. The number of carboxylic acid groups (broad SMARTS) is 4. The first-order valence-corrected chi connectivity index (χ1v) is 11.7. The number of aromatic carboxylic acids is 1. The number of carbonyl (C=O) groups excluding carboxylic acids is 1. The number of aliphatic imine (C=N–C) groups is 4. The number of hydrogen-bond donors (Lipinski definition) is 4. The Morgan fingerprint density at radius 1 is 0.850 bits per heavy atom. The molecule has 0 bridgehead atoms. The molecule has 4 N–H and O–H groups in total. The van der Waals surface area contributed by atoms with Gasteiger partial charge >= 0.3 is 107 Å². The third-order valence-corrected chi connectivity index (χ3v) is 3.18. The molecule has 0 saturated heterocycles. The van der Waals surface area contributed by atoms with Gasteiger partial charge in [-0.15, -0.1) is 9.05 Å². The van der Waals surface area contributed by atoms with E-state index in [1.165, 1.54) is 12.1 Å². The number of carboxylic acids is 4. The summed E-state index contributed by atoms with van der Waals surface area (Å²) in [6.45, 7) is 1.56. The molecule has 1 aromatic rings. The van der Waals surface area contributed by atoms with Crippen LogP contribution in [0.1, 0.15) is 23.2 Å². The van der Waals surface area contributed by atoms with E-state index in [0.29, 0.717) is 0 Å². The van der Waals surface area contributed by atoms with Crippen LogP contribution in [-0.4, -0.2) is 101 Å². The molecule has 1 aromatic carbocycles. The summed E-state index contributed by atoms with van der Waals surface area (Å²) >= 11 is 3.24. The van der Waals surface area contributed by atoms with Gasteiger partial charge in [0.25, 0.3) is 0 Å². The second kappa shape index (κ2) is 28.2. The molecule has 40 heavy (non-hydrogen) atoms. The van der Waals surface area contributed by atoms with E-state index in [1.807, 2.05) is 0 Å². The van der Waals surface area contributed by atoms with Crippen molar-refractivity contribution in [3.05, 3.63) is 35.9 Å². The number of rotatable bonds is 6. The van der Waals surface area contributed by atoms with Gasteiger partial charge in [-0.3, -0.25) is 23.8 Å². The topological polar surface area (TPSA) is 285 Å². The van der Waals surface area contributed by atoms with Gasteiger partial charge in [0.1, 0.15) is 12.7 Å². The van der Waals surface area contributed by atoms with Gasteiger partial charge in [-0.05, 0) is 16.8 Å². The van der Waals surface area contributed by atoms with Crippen LogP contribution >= 0.6 is 0 Å². The summed E-state index contributed by atoms with van der Waals surface area (Å²) in [5.74, 6) is -6.15. The minimum atomic E-state index is -4.33. The average Bonchev–Trinajstić information content (AvgIpc) is 3.51. The number of nitrogens with zero attached hydrogens (tertiary/aromatic N) is 4. The van der Waals surface area contributed by atoms with Crippen LogP contribution in [0.25, 0.3) is 0 Å². The van der Waals surface area contributed by atoms with Crippen molar-refractivity contribution in [3.8, 4) is 0 Å². The van der Waals surface area contributed by atoms with E-state index in [-0.39, 0.29) is 94.2 Å². The molecule has 0 saturated carbocycles. The Balaban J connectivity index is -0.000000132. The molecule has 16 nitrogen and oxygen atoms in total. The Kier molecular flexibility index (Phi) is 34.3. The Hall–Kier alpha value is -0.970. The molecule has 21 heteroatoms. The molecule has 204 valence electrons. The monoisotopic (exact) mass is 630 g/mol. The number of aliphatic hydroxyl groups is 1. The summed E-state index contributed by atoms with van der Waals surface area (Å²) in [6.07, 6.45) is 4.35. The first-order valence-electron chi connectivity index (χ1n) is 9.40. The molecule has 0 aliphatic carbocycles. The maximum Gasteiger partial charge on any atom is 1.00 e. The number of benzene rings is 1. The normalized spacial score (nSPS) is 11.4. The Morgan fingerprint density at radius 2 is 1.20 bits per heavy atom. The summed E-state index contributed by atoms with van der Waals surface area (Å²) in [5.41, 5.74) is -2.52. The van der Waals surface area contributed by atoms with Gasteiger partial charge < -0.3 is 39.4 Å². The van der Waals surface area contributed by atoms with E-state index in [9.17, 15) is 24.3 Å². The first kappa shape index (κ1) is 48.7. The molecule has 0 radical (unpaired) electrons. The van der Waals surface area contributed by atoms with Crippen molar-refractivity contribution < 1.29 is 147 Å². The summed E-state index contributed by atoms with van der Waals surface area (Å²) < 4.78 is 26.7. The number of hydrogen-bond acceptors (Lipinski definition) is 14. The van der Waals surface area contributed by atoms with Crippen molar-refractivity contribution in [1.29, 1.82) is 0 Å². The van der Waals surface area contributed by atoms with Crippen molar-refractivity contribution in [2.75, 3.05) is 13.1 Å². The van der Waals surface area contributed by atoms with E-state index in [1.54, 1.807) is 43.3 Å². The standard InChI is InChI=1S/C7H6O2.C6H8O7.2C3H4N2.3Na.H2O3S2/c8-7(9)6-4-2-1-3-5-6;7-3(8)1-6(13,5(11)12)2-4(9)10;2*1-2-5-3-4-1;;;;1-5(2,3)4/h1-5H,(H,8,9);13H,1-2H2,(H,7,8)(H,9,10)(H,11,12);2*1,3H,2H2;;;;(H2,1,2,3,4)/q;;;;3*+1;/p-3. The van der Waals surface area contributed by atoms with Crippen LogP contribution in [0.15, 0.2) is 50.3 Å². The zero-order valence-electron chi connectivity index (χ0n) is 21.7. The summed E-state index contributed by atoms with van der Waals surface area (Å²) in [7, 11) is -4.33. The van der Waals surface area contributed by atoms with Gasteiger partial charge in [-0.25, -0.2) is 14.8 Å². The first-order chi connectivity index (χ1) is 17.1. The van der Waals surface area contributed by atoms with E-state index in [4.69, 9.17) is 33.7 Å². The van der Waals surface area contributed by atoms with E-state index < -0.39 is 51.4 Å². The molecule has 0 fully saturated rings. The Bertz CT molecular complexity index is 1050. The third kappa shape index (κ3) is 35.1. The van der Waals surface area contributed by atoms with E-state index >= 15 is 0 Å². The van der Waals surface area contributed by atoms with Crippen LogP contribution in [-0.2, 0) is 34.6 Å². The quantitative estimate of drug-likeness (QED) is 0.213. The van der Waals surface area contributed by atoms with Gasteiger partial charge in [-0.2, -0.15) is 0 Å². The van der Waals surface area contributed by atoms with Crippen LogP contribution in [0.5, 0.6) is 0 Å². The predicted molar refractivity (Wildman–Crippen MR) is 129 cm³/mol. The molecule has 0 unspecified atom stereocenters. The second-order valence-corrected chi connectivity index (χ2v) is 8.21. The minimum Gasteiger partial charge on any atom is -0.780 e. The molecule has 2 aliphatic rings. The molecule has 2 heterocycles. The molecule has 0 spiro atoms. The zero-order chi connectivity index (χ0) is 28.9. The van der Waals surface area contributed by atoms with E-state index in [0.717, 1.165) is 13.1 Å². The van der Waals surface area contributed by atoms with Gasteiger partial charge in [-0.1, -0.05) is 30.3 Å². The van der Waals surface area contributed by atoms with Crippen LogP contribution in [0.3, 0.4) is 0 Å². The maximum absolute atomic E-state index is 10.3. The summed E-state index contributed by atoms with van der Waals surface area (Å²) in [6, 6.07) is 8.06. The summed E-state index contributed by atoms with van der Waals surface area (Å²) in [5, 5.41) is 43.9. The number of aliphatic carboxylic acids is 3. The van der Waals surface area contributed by atoms with Gasteiger partial charge in [0.2, 0.25) is 0 Å².